The van der Waals surface area contributed by atoms with Crippen LogP contribution in [0.4, 0.5) is 0 Å². The number of carbonyl (C=O) groups is 1. The van der Waals surface area contributed by atoms with Gasteiger partial charge in [0.05, 0.1) is 16.7 Å². The van der Waals surface area contributed by atoms with E-state index in [9.17, 15) is 4.79 Å². The summed E-state index contributed by atoms with van der Waals surface area (Å²) in [6.07, 6.45) is -0.639. The summed E-state index contributed by atoms with van der Waals surface area (Å²) < 4.78 is 5.66. The third-order valence-electron chi connectivity index (χ3n) is 3.08. The molecule has 0 aliphatic rings. The molecule has 114 valence electrons. The van der Waals surface area contributed by atoms with Crippen LogP contribution in [0.2, 0.25) is 5.02 Å². The summed E-state index contributed by atoms with van der Waals surface area (Å²) in [6.45, 7) is 9.59. The number of rotatable bonds is 5. The first kappa shape index (κ1) is 17.3. The zero-order valence-electron chi connectivity index (χ0n) is 13.1. The number of ether oxygens (including phenoxy) is 1. The minimum atomic E-state index is -0.639. The lowest BCUT2D eigenvalue weighted by atomic mass is 10.2. The maximum Gasteiger partial charge on any atom is 0.263 e. The van der Waals surface area contributed by atoms with E-state index in [2.05, 4.69) is 0 Å². The van der Waals surface area contributed by atoms with Crippen LogP contribution in [0.15, 0.2) is 18.2 Å². The smallest absolute Gasteiger partial charge is 0.263 e. The summed E-state index contributed by atoms with van der Waals surface area (Å²) in [6, 6.07) is 6.95. The van der Waals surface area contributed by atoms with Gasteiger partial charge in [-0.2, -0.15) is 5.26 Å². The van der Waals surface area contributed by atoms with Crippen molar-refractivity contribution in [2.24, 2.45) is 0 Å². The van der Waals surface area contributed by atoms with Gasteiger partial charge in [-0.25, -0.2) is 0 Å². The highest BCUT2D eigenvalue weighted by Crippen LogP contribution is 2.26. The van der Waals surface area contributed by atoms with Gasteiger partial charge in [0.25, 0.3) is 5.91 Å². The first-order chi connectivity index (χ1) is 9.77. The predicted molar refractivity (Wildman–Crippen MR) is 83.4 cm³/mol. The van der Waals surface area contributed by atoms with Gasteiger partial charge < -0.3 is 9.64 Å². The Morgan fingerprint density at radius 2 is 1.81 bits per heavy atom. The molecule has 1 aromatic rings. The highest BCUT2D eigenvalue weighted by Gasteiger charge is 2.26. The van der Waals surface area contributed by atoms with Gasteiger partial charge in [-0.1, -0.05) is 11.6 Å². The average molecular weight is 309 g/mol. The van der Waals surface area contributed by atoms with E-state index in [0.717, 1.165) is 0 Å². The third kappa shape index (κ3) is 4.37. The molecule has 0 spiro atoms. The zero-order chi connectivity index (χ0) is 16.2. The molecule has 1 amide bonds. The molecule has 5 heteroatoms. The van der Waals surface area contributed by atoms with Crippen LogP contribution in [-0.2, 0) is 4.79 Å². The first-order valence-corrected chi connectivity index (χ1v) is 7.34. The molecule has 0 aromatic heterocycles. The van der Waals surface area contributed by atoms with Crippen molar-refractivity contribution in [2.45, 2.75) is 52.8 Å². The fourth-order valence-electron chi connectivity index (χ4n) is 2.22. The summed E-state index contributed by atoms with van der Waals surface area (Å²) in [4.78, 5) is 14.3. The van der Waals surface area contributed by atoms with E-state index in [1.165, 1.54) is 6.07 Å². The van der Waals surface area contributed by atoms with E-state index in [0.29, 0.717) is 16.3 Å². The number of nitriles is 1. The standard InChI is InChI=1S/C16H21ClN2O2/c1-10(2)19(11(3)4)16(20)12(5)21-15-7-6-13(9-18)8-14(15)17/h6-8,10-12H,1-5H3/t12-/m0/s1. The van der Waals surface area contributed by atoms with E-state index >= 15 is 0 Å². The van der Waals surface area contributed by atoms with Crippen LogP contribution >= 0.6 is 11.6 Å². The molecular weight excluding hydrogens is 288 g/mol. The van der Waals surface area contributed by atoms with Gasteiger partial charge in [0, 0.05) is 12.1 Å². The summed E-state index contributed by atoms with van der Waals surface area (Å²) in [5.74, 6) is 0.324. The monoisotopic (exact) mass is 308 g/mol. The molecule has 0 fully saturated rings. The Balaban J connectivity index is 2.88. The van der Waals surface area contributed by atoms with Crippen LogP contribution in [0, 0.1) is 11.3 Å². The molecule has 21 heavy (non-hydrogen) atoms. The predicted octanol–water partition coefficient (Wildman–Crippen LogP) is 3.62. The number of hydrogen-bond acceptors (Lipinski definition) is 3. The van der Waals surface area contributed by atoms with E-state index < -0.39 is 6.10 Å². The SMILES string of the molecule is CC(C)N(C(=O)[C@H](C)Oc1ccc(C#N)cc1Cl)C(C)C. The number of nitrogens with zero attached hydrogens (tertiary/aromatic N) is 2. The molecule has 0 saturated heterocycles. The van der Waals surface area contributed by atoms with Crippen molar-refractivity contribution in [2.75, 3.05) is 0 Å². The Morgan fingerprint density at radius 3 is 2.24 bits per heavy atom. The topological polar surface area (TPSA) is 53.3 Å². The second kappa shape index (κ2) is 7.33. The highest BCUT2D eigenvalue weighted by molar-refractivity contribution is 6.32. The van der Waals surface area contributed by atoms with Crippen LogP contribution in [0.1, 0.15) is 40.2 Å². The van der Waals surface area contributed by atoms with Crippen LogP contribution in [0.25, 0.3) is 0 Å². The van der Waals surface area contributed by atoms with Gasteiger partial charge in [-0.05, 0) is 52.8 Å². The molecule has 0 aliphatic carbocycles. The maximum atomic E-state index is 12.5. The Hall–Kier alpha value is -1.73. The molecule has 1 aromatic carbocycles. The number of halogens is 1. The van der Waals surface area contributed by atoms with Gasteiger partial charge in [0.1, 0.15) is 5.75 Å². The van der Waals surface area contributed by atoms with Crippen molar-refractivity contribution in [1.29, 1.82) is 5.26 Å². The number of carbonyl (C=O) groups excluding carboxylic acids is 1. The van der Waals surface area contributed by atoms with Crippen molar-refractivity contribution in [3.05, 3.63) is 28.8 Å². The molecule has 0 saturated carbocycles. The minimum Gasteiger partial charge on any atom is -0.479 e. The van der Waals surface area contributed by atoms with Gasteiger partial charge in [-0.15, -0.1) is 0 Å². The van der Waals surface area contributed by atoms with Crippen LogP contribution in [0.3, 0.4) is 0 Å². The molecule has 1 rings (SSSR count). The Labute approximate surface area is 131 Å². The van der Waals surface area contributed by atoms with Crippen LogP contribution < -0.4 is 4.74 Å². The van der Waals surface area contributed by atoms with E-state index in [4.69, 9.17) is 21.6 Å². The molecular formula is C16H21ClN2O2. The second-order valence-electron chi connectivity index (χ2n) is 5.45. The summed E-state index contributed by atoms with van der Waals surface area (Å²) in [5, 5.41) is 9.14. The number of benzene rings is 1. The van der Waals surface area contributed by atoms with Crippen molar-refractivity contribution in [1.82, 2.24) is 4.90 Å². The molecule has 1 atom stereocenters. The fraction of sp³-hybridized carbons (Fsp3) is 0.500. The van der Waals surface area contributed by atoms with Gasteiger partial charge in [0.2, 0.25) is 0 Å². The molecule has 0 aliphatic heterocycles. The quantitative estimate of drug-likeness (QED) is 0.834. The van der Waals surface area contributed by atoms with E-state index in [1.807, 2.05) is 33.8 Å². The maximum absolute atomic E-state index is 12.5. The van der Waals surface area contributed by atoms with Crippen LogP contribution in [0.5, 0.6) is 5.75 Å². The van der Waals surface area contributed by atoms with Crippen molar-refractivity contribution in [3.63, 3.8) is 0 Å². The minimum absolute atomic E-state index is 0.0829. The summed E-state index contributed by atoms with van der Waals surface area (Å²) in [7, 11) is 0. The van der Waals surface area contributed by atoms with Gasteiger partial charge >= 0.3 is 0 Å². The zero-order valence-corrected chi connectivity index (χ0v) is 13.8. The lowest BCUT2D eigenvalue weighted by Crippen LogP contribution is -2.48. The highest BCUT2D eigenvalue weighted by atomic mass is 35.5. The molecule has 0 unspecified atom stereocenters. The lowest BCUT2D eigenvalue weighted by Gasteiger charge is -2.33. The molecule has 0 radical (unpaired) electrons. The van der Waals surface area contributed by atoms with Crippen LogP contribution in [-0.4, -0.2) is 29.0 Å². The first-order valence-electron chi connectivity index (χ1n) is 6.96. The Morgan fingerprint density at radius 1 is 1.24 bits per heavy atom. The lowest BCUT2D eigenvalue weighted by molar-refractivity contribution is -0.141. The van der Waals surface area contributed by atoms with Gasteiger partial charge in [-0.3, -0.25) is 4.79 Å². The molecule has 0 N–H and O–H groups in total. The second-order valence-corrected chi connectivity index (χ2v) is 5.86. The molecule has 4 nitrogen and oxygen atoms in total. The summed E-state index contributed by atoms with van der Waals surface area (Å²) >= 11 is 6.06. The number of amides is 1. The number of hydrogen-bond donors (Lipinski definition) is 0. The van der Waals surface area contributed by atoms with Crippen molar-refractivity contribution < 1.29 is 9.53 Å². The van der Waals surface area contributed by atoms with Crippen molar-refractivity contribution >= 4 is 17.5 Å². The van der Waals surface area contributed by atoms with E-state index in [-0.39, 0.29) is 18.0 Å². The summed E-state index contributed by atoms with van der Waals surface area (Å²) in [5.41, 5.74) is 0.456. The molecule has 0 bridgehead atoms. The molecule has 0 heterocycles. The fourth-order valence-corrected chi connectivity index (χ4v) is 2.45. The van der Waals surface area contributed by atoms with E-state index in [1.54, 1.807) is 24.0 Å². The Bertz CT molecular complexity index is 542. The van der Waals surface area contributed by atoms with Gasteiger partial charge in [0.15, 0.2) is 6.10 Å². The average Bonchev–Trinajstić information content (AvgIpc) is 2.39. The van der Waals surface area contributed by atoms with Crippen molar-refractivity contribution in [3.8, 4) is 11.8 Å². The Kier molecular flexibility index (Phi) is 6.04. The largest absolute Gasteiger partial charge is 0.479 e. The third-order valence-corrected chi connectivity index (χ3v) is 3.38. The normalized spacial score (nSPS) is 12.1.